The molecule has 1 aromatic heterocycles. The molecular weight excluding hydrogens is 351 g/mol. The highest BCUT2D eigenvalue weighted by molar-refractivity contribution is 7.15. The molecule has 0 bridgehead atoms. The van der Waals surface area contributed by atoms with Gasteiger partial charge >= 0.3 is 0 Å². The Kier molecular flexibility index (Phi) is 5.63. The first-order valence-corrected chi connectivity index (χ1v) is 8.98. The van der Waals surface area contributed by atoms with E-state index in [4.69, 9.17) is 4.74 Å². The molecule has 0 atom stereocenters. The van der Waals surface area contributed by atoms with Crippen molar-refractivity contribution in [1.82, 2.24) is 4.98 Å². The lowest BCUT2D eigenvalue weighted by Crippen LogP contribution is -2.14. The molecule has 134 valence electrons. The molecule has 0 saturated heterocycles. The molecule has 1 N–H and O–H groups in total. The van der Waals surface area contributed by atoms with Gasteiger partial charge in [-0.3, -0.25) is 4.79 Å². The number of hydrogen-bond donors (Lipinski definition) is 1. The molecule has 0 saturated carbocycles. The van der Waals surface area contributed by atoms with E-state index in [0.29, 0.717) is 22.9 Å². The Labute approximate surface area is 155 Å². The highest BCUT2D eigenvalue weighted by Gasteiger charge is 2.11. The van der Waals surface area contributed by atoms with Gasteiger partial charge in [0, 0.05) is 23.1 Å². The monoisotopic (exact) mass is 370 g/mol. The molecule has 3 aromatic rings. The Balaban J connectivity index is 1.62. The summed E-state index contributed by atoms with van der Waals surface area (Å²) >= 11 is 1.39. The number of aryl methyl sites for hydroxylation is 1. The Hall–Kier alpha value is -2.73. The van der Waals surface area contributed by atoms with Gasteiger partial charge in [-0.15, -0.1) is 11.3 Å². The number of aromatic nitrogens is 1. The van der Waals surface area contributed by atoms with Crippen molar-refractivity contribution in [2.75, 3.05) is 12.4 Å². The predicted octanol–water partition coefficient (Wildman–Crippen LogP) is 4.37. The molecule has 0 fully saturated rings. The Morgan fingerprint density at radius 1 is 1.27 bits per heavy atom. The third-order valence-corrected chi connectivity index (χ3v) is 4.87. The number of rotatable bonds is 6. The van der Waals surface area contributed by atoms with Gasteiger partial charge in [0.1, 0.15) is 11.6 Å². The van der Waals surface area contributed by atoms with Crippen LogP contribution in [0.5, 0.6) is 5.75 Å². The van der Waals surface area contributed by atoms with Crippen molar-refractivity contribution in [3.63, 3.8) is 0 Å². The normalized spacial score (nSPS) is 10.6. The first-order chi connectivity index (χ1) is 12.5. The summed E-state index contributed by atoms with van der Waals surface area (Å²) in [6.45, 7) is 1.74. The second-order valence-electron chi connectivity index (χ2n) is 5.93. The number of carbonyl (C=O) groups is 1. The maximum Gasteiger partial charge on any atom is 0.230 e. The fourth-order valence-electron chi connectivity index (χ4n) is 2.58. The molecule has 4 nitrogen and oxygen atoms in total. The van der Waals surface area contributed by atoms with Gasteiger partial charge in [-0.1, -0.05) is 30.3 Å². The van der Waals surface area contributed by atoms with E-state index in [1.807, 2.05) is 30.3 Å². The SMILES string of the molecule is COc1ccccc1CC(=O)Nc1ncc(Cc2ccc(C)c(F)c2)s1. The van der Waals surface area contributed by atoms with Gasteiger partial charge in [0.05, 0.1) is 13.5 Å². The van der Waals surface area contributed by atoms with Crippen LogP contribution < -0.4 is 10.1 Å². The van der Waals surface area contributed by atoms with Gasteiger partial charge in [-0.05, 0) is 30.2 Å². The third kappa shape index (κ3) is 4.46. The summed E-state index contributed by atoms with van der Waals surface area (Å²) in [5.41, 5.74) is 2.32. The average Bonchev–Trinajstić information content (AvgIpc) is 3.05. The van der Waals surface area contributed by atoms with Crippen LogP contribution in [-0.2, 0) is 17.6 Å². The number of nitrogens with zero attached hydrogens (tertiary/aromatic N) is 1. The Bertz CT molecular complexity index is 924. The van der Waals surface area contributed by atoms with Crippen molar-refractivity contribution < 1.29 is 13.9 Å². The summed E-state index contributed by atoms with van der Waals surface area (Å²) in [6.07, 6.45) is 2.50. The molecule has 1 amide bonds. The van der Waals surface area contributed by atoms with Crippen LogP contribution in [-0.4, -0.2) is 18.0 Å². The first kappa shape index (κ1) is 18.1. The lowest BCUT2D eigenvalue weighted by atomic mass is 10.1. The molecule has 2 aromatic carbocycles. The summed E-state index contributed by atoms with van der Waals surface area (Å²) in [7, 11) is 1.58. The molecule has 0 aliphatic carbocycles. The number of methoxy groups -OCH3 is 1. The summed E-state index contributed by atoms with van der Waals surface area (Å²) in [4.78, 5) is 17.4. The van der Waals surface area contributed by atoms with Crippen LogP contribution in [0.4, 0.5) is 9.52 Å². The van der Waals surface area contributed by atoms with Crippen molar-refractivity contribution in [3.8, 4) is 5.75 Å². The van der Waals surface area contributed by atoms with E-state index < -0.39 is 0 Å². The first-order valence-electron chi connectivity index (χ1n) is 8.16. The number of halogens is 1. The molecular formula is C20H19FN2O2S. The number of thiazole rings is 1. The molecule has 0 spiro atoms. The summed E-state index contributed by atoms with van der Waals surface area (Å²) in [6, 6.07) is 12.6. The van der Waals surface area contributed by atoms with Gasteiger partial charge in [-0.2, -0.15) is 0 Å². The largest absolute Gasteiger partial charge is 0.496 e. The number of hydrogen-bond acceptors (Lipinski definition) is 4. The summed E-state index contributed by atoms with van der Waals surface area (Å²) in [5.74, 6) is 0.318. The maximum atomic E-state index is 13.6. The van der Waals surface area contributed by atoms with E-state index in [1.165, 1.54) is 17.4 Å². The minimum absolute atomic E-state index is 0.156. The average molecular weight is 370 g/mol. The lowest BCUT2D eigenvalue weighted by molar-refractivity contribution is -0.115. The zero-order valence-corrected chi connectivity index (χ0v) is 15.4. The summed E-state index contributed by atoms with van der Waals surface area (Å²) < 4.78 is 18.9. The van der Waals surface area contributed by atoms with Crippen LogP contribution in [0.2, 0.25) is 0 Å². The van der Waals surface area contributed by atoms with E-state index in [0.717, 1.165) is 16.0 Å². The van der Waals surface area contributed by atoms with Crippen molar-refractivity contribution in [3.05, 3.63) is 76.0 Å². The smallest absolute Gasteiger partial charge is 0.230 e. The standard InChI is InChI=1S/C20H19FN2O2S/c1-13-7-8-14(10-17(13)21)9-16-12-22-20(26-16)23-19(24)11-15-5-3-4-6-18(15)25-2/h3-8,10,12H,9,11H2,1-2H3,(H,22,23,24). The van der Waals surface area contributed by atoms with Gasteiger partial charge in [0.25, 0.3) is 0 Å². The van der Waals surface area contributed by atoms with Gasteiger partial charge in [0.15, 0.2) is 5.13 Å². The van der Waals surface area contributed by atoms with Gasteiger partial charge < -0.3 is 10.1 Å². The number of carbonyl (C=O) groups excluding carboxylic acids is 1. The molecule has 0 aliphatic heterocycles. The van der Waals surface area contributed by atoms with Crippen molar-refractivity contribution in [1.29, 1.82) is 0 Å². The molecule has 6 heteroatoms. The highest BCUT2D eigenvalue weighted by Crippen LogP contribution is 2.23. The summed E-state index contributed by atoms with van der Waals surface area (Å²) in [5, 5.41) is 3.34. The number of anilines is 1. The minimum atomic E-state index is -0.211. The zero-order chi connectivity index (χ0) is 18.5. The van der Waals surface area contributed by atoms with Crippen LogP contribution >= 0.6 is 11.3 Å². The molecule has 0 unspecified atom stereocenters. The van der Waals surface area contributed by atoms with E-state index >= 15 is 0 Å². The van der Waals surface area contributed by atoms with Crippen LogP contribution in [0.1, 0.15) is 21.6 Å². The lowest BCUT2D eigenvalue weighted by Gasteiger charge is -2.07. The number of ether oxygens (including phenoxy) is 1. The van der Waals surface area contributed by atoms with E-state index in [-0.39, 0.29) is 18.1 Å². The molecule has 26 heavy (non-hydrogen) atoms. The van der Waals surface area contributed by atoms with Gasteiger partial charge in [-0.25, -0.2) is 9.37 Å². The number of para-hydroxylation sites is 1. The molecule has 3 rings (SSSR count). The quantitative estimate of drug-likeness (QED) is 0.701. The van der Waals surface area contributed by atoms with Crippen LogP contribution in [0.25, 0.3) is 0 Å². The van der Waals surface area contributed by atoms with Crippen LogP contribution in [0.15, 0.2) is 48.7 Å². The van der Waals surface area contributed by atoms with Crippen LogP contribution in [0, 0.1) is 12.7 Å². The minimum Gasteiger partial charge on any atom is -0.496 e. The second kappa shape index (κ2) is 8.10. The predicted molar refractivity (Wildman–Crippen MR) is 101 cm³/mol. The number of amides is 1. The third-order valence-electron chi connectivity index (χ3n) is 3.96. The van der Waals surface area contributed by atoms with E-state index in [2.05, 4.69) is 10.3 Å². The Morgan fingerprint density at radius 3 is 2.85 bits per heavy atom. The second-order valence-corrected chi connectivity index (χ2v) is 7.04. The molecule has 1 heterocycles. The van der Waals surface area contributed by atoms with Crippen molar-refractivity contribution in [2.45, 2.75) is 19.8 Å². The maximum absolute atomic E-state index is 13.6. The van der Waals surface area contributed by atoms with E-state index in [1.54, 1.807) is 26.3 Å². The molecule has 0 aliphatic rings. The van der Waals surface area contributed by atoms with Gasteiger partial charge in [0.2, 0.25) is 5.91 Å². The fourth-order valence-corrected chi connectivity index (χ4v) is 3.44. The number of benzene rings is 2. The van der Waals surface area contributed by atoms with Crippen molar-refractivity contribution >= 4 is 22.4 Å². The molecule has 0 radical (unpaired) electrons. The topological polar surface area (TPSA) is 51.2 Å². The number of nitrogens with one attached hydrogen (secondary N) is 1. The zero-order valence-electron chi connectivity index (χ0n) is 14.6. The fraction of sp³-hybridized carbons (Fsp3) is 0.200. The Morgan fingerprint density at radius 2 is 2.08 bits per heavy atom. The van der Waals surface area contributed by atoms with E-state index in [9.17, 15) is 9.18 Å². The van der Waals surface area contributed by atoms with Crippen molar-refractivity contribution in [2.24, 2.45) is 0 Å². The highest BCUT2D eigenvalue weighted by atomic mass is 32.1. The van der Waals surface area contributed by atoms with Crippen LogP contribution in [0.3, 0.4) is 0 Å².